The molecule has 2 unspecified atom stereocenters. The smallest absolute Gasteiger partial charge is 0.0470 e. The van der Waals surface area contributed by atoms with Gasteiger partial charge >= 0.3 is 0 Å². The van der Waals surface area contributed by atoms with Crippen LogP contribution in [0.1, 0.15) is 60.8 Å². The second kappa shape index (κ2) is 9.65. The van der Waals surface area contributed by atoms with E-state index in [2.05, 4.69) is 85.0 Å². The first-order chi connectivity index (χ1) is 17.7. The lowest BCUT2D eigenvalue weighted by molar-refractivity contribution is 0.123. The van der Waals surface area contributed by atoms with Crippen LogP contribution in [0.4, 0.5) is 0 Å². The lowest BCUT2D eigenvalue weighted by Gasteiger charge is -2.43. The number of hydrogen-bond acceptors (Lipinski definition) is 2. The Bertz CT molecular complexity index is 1150. The van der Waals surface area contributed by atoms with Gasteiger partial charge < -0.3 is 9.47 Å². The molecule has 186 valence electrons. The van der Waals surface area contributed by atoms with Gasteiger partial charge in [-0.1, -0.05) is 85.0 Å². The molecule has 2 aromatic rings. The summed E-state index contributed by atoms with van der Waals surface area (Å²) in [5.41, 5.74) is 9.24. The summed E-state index contributed by atoms with van der Waals surface area (Å²) in [6.07, 6.45) is 20.7. The van der Waals surface area contributed by atoms with Crippen molar-refractivity contribution in [3.05, 3.63) is 107 Å². The summed E-state index contributed by atoms with van der Waals surface area (Å²) in [7, 11) is 3.70. The maximum atomic E-state index is 5.75. The number of hydrogen-bond donors (Lipinski definition) is 0. The van der Waals surface area contributed by atoms with Crippen molar-refractivity contribution >= 4 is 11.1 Å². The first-order valence-electron chi connectivity index (χ1n) is 13.7. The minimum absolute atomic E-state index is 0.0924. The van der Waals surface area contributed by atoms with Crippen LogP contribution >= 0.6 is 0 Å². The van der Waals surface area contributed by atoms with Gasteiger partial charge in [0.05, 0.1) is 0 Å². The molecule has 0 bridgehead atoms. The van der Waals surface area contributed by atoms with E-state index in [1.165, 1.54) is 33.4 Å². The van der Waals surface area contributed by atoms with Gasteiger partial charge in [0.15, 0.2) is 0 Å². The van der Waals surface area contributed by atoms with Crippen molar-refractivity contribution in [2.45, 2.75) is 49.4 Å². The van der Waals surface area contributed by atoms with Crippen molar-refractivity contribution in [3.63, 3.8) is 0 Å². The second-order valence-electron chi connectivity index (χ2n) is 11.1. The van der Waals surface area contributed by atoms with Crippen LogP contribution in [0.25, 0.3) is 11.1 Å². The van der Waals surface area contributed by atoms with Crippen molar-refractivity contribution in [2.24, 2.45) is 11.8 Å². The second-order valence-corrected chi connectivity index (χ2v) is 11.1. The van der Waals surface area contributed by atoms with Crippen LogP contribution in [0.5, 0.6) is 0 Å². The van der Waals surface area contributed by atoms with Crippen molar-refractivity contribution in [1.82, 2.24) is 0 Å². The molecule has 4 aliphatic rings. The van der Waals surface area contributed by atoms with E-state index in [0.717, 1.165) is 51.7 Å². The summed E-state index contributed by atoms with van der Waals surface area (Å²) in [5.74, 6) is 1.04. The van der Waals surface area contributed by atoms with Crippen LogP contribution in [-0.4, -0.2) is 27.4 Å². The van der Waals surface area contributed by atoms with Crippen LogP contribution in [0.3, 0.4) is 0 Å². The van der Waals surface area contributed by atoms with E-state index in [1.807, 2.05) is 14.2 Å². The predicted octanol–water partition coefficient (Wildman–Crippen LogP) is 7.66. The summed E-state index contributed by atoms with van der Waals surface area (Å²) >= 11 is 0. The topological polar surface area (TPSA) is 18.5 Å². The van der Waals surface area contributed by atoms with Crippen molar-refractivity contribution in [2.75, 3.05) is 27.4 Å². The molecule has 0 heterocycles. The zero-order valence-electron chi connectivity index (χ0n) is 21.7. The molecule has 2 nitrogen and oxygen atoms in total. The Morgan fingerprint density at radius 3 is 1.53 bits per heavy atom. The molecule has 2 aromatic carbocycles. The lowest BCUT2D eigenvalue weighted by Crippen LogP contribution is -2.39. The van der Waals surface area contributed by atoms with Gasteiger partial charge in [0, 0.05) is 38.3 Å². The maximum Gasteiger partial charge on any atom is 0.0470 e. The van der Waals surface area contributed by atoms with Crippen molar-refractivity contribution in [1.29, 1.82) is 0 Å². The largest absolute Gasteiger partial charge is 0.385 e. The van der Waals surface area contributed by atoms with Gasteiger partial charge in [-0.05, 0) is 83.8 Å². The van der Waals surface area contributed by atoms with E-state index in [-0.39, 0.29) is 10.8 Å². The highest BCUT2D eigenvalue weighted by atomic mass is 16.5. The van der Waals surface area contributed by atoms with Gasteiger partial charge in [-0.3, -0.25) is 0 Å². The van der Waals surface area contributed by atoms with Crippen LogP contribution in [0, 0.1) is 11.8 Å². The molecule has 6 rings (SSSR count). The van der Waals surface area contributed by atoms with E-state index >= 15 is 0 Å². The van der Waals surface area contributed by atoms with Crippen LogP contribution in [-0.2, 0) is 20.3 Å². The number of methoxy groups -OCH3 is 2. The average molecular weight is 479 g/mol. The summed E-state index contributed by atoms with van der Waals surface area (Å²) in [4.78, 5) is 0. The summed E-state index contributed by atoms with van der Waals surface area (Å²) in [6, 6.07) is 18.4. The third-order valence-electron chi connectivity index (χ3n) is 9.72. The molecule has 2 heteroatoms. The van der Waals surface area contributed by atoms with Gasteiger partial charge in [0.1, 0.15) is 0 Å². The minimum Gasteiger partial charge on any atom is -0.385 e. The fraction of sp³-hybridized carbons (Fsp3) is 0.412. The van der Waals surface area contributed by atoms with Crippen molar-refractivity contribution in [3.8, 4) is 0 Å². The Morgan fingerprint density at radius 2 is 1.08 bits per heavy atom. The Balaban J connectivity index is 1.45. The van der Waals surface area contributed by atoms with Crippen molar-refractivity contribution < 1.29 is 9.47 Å². The molecule has 36 heavy (non-hydrogen) atoms. The van der Waals surface area contributed by atoms with E-state index < -0.39 is 0 Å². The summed E-state index contributed by atoms with van der Waals surface area (Å²) in [6.45, 7) is 1.58. The molecule has 4 aliphatic carbocycles. The third-order valence-corrected chi connectivity index (χ3v) is 9.72. The molecule has 0 aromatic heterocycles. The molecular formula is C34H38O2. The highest BCUT2D eigenvalue weighted by Gasteiger charge is 2.53. The van der Waals surface area contributed by atoms with E-state index in [4.69, 9.17) is 9.47 Å². The highest BCUT2D eigenvalue weighted by molar-refractivity contribution is 5.81. The molecule has 0 spiro atoms. The molecule has 4 atom stereocenters. The van der Waals surface area contributed by atoms with Gasteiger partial charge in [-0.25, -0.2) is 0 Å². The van der Waals surface area contributed by atoms with E-state index in [0.29, 0.717) is 11.8 Å². The summed E-state index contributed by atoms with van der Waals surface area (Å²) < 4.78 is 11.5. The van der Waals surface area contributed by atoms with Gasteiger partial charge in [0.2, 0.25) is 0 Å². The Kier molecular flexibility index (Phi) is 6.35. The van der Waals surface area contributed by atoms with Gasteiger partial charge in [0.25, 0.3) is 0 Å². The quantitative estimate of drug-likeness (QED) is 0.368. The Morgan fingerprint density at radius 1 is 0.639 bits per heavy atom. The van der Waals surface area contributed by atoms with Crippen LogP contribution in [0.15, 0.2) is 85.0 Å². The third kappa shape index (κ3) is 3.53. The lowest BCUT2D eigenvalue weighted by atomic mass is 9.60. The summed E-state index contributed by atoms with van der Waals surface area (Å²) in [5, 5.41) is 0. The van der Waals surface area contributed by atoms with Crippen LogP contribution < -0.4 is 0 Å². The Labute approximate surface area is 216 Å². The molecule has 0 N–H and O–H groups in total. The predicted molar refractivity (Wildman–Crippen MR) is 149 cm³/mol. The van der Waals surface area contributed by atoms with E-state index in [1.54, 1.807) is 0 Å². The fourth-order valence-electron chi connectivity index (χ4n) is 8.07. The molecule has 0 fully saturated rings. The number of allylic oxidation sites excluding steroid dienone is 8. The fourth-order valence-corrected chi connectivity index (χ4v) is 8.07. The SMILES string of the molecule is COCCC1(CCC2(CCOC)c3ccccc3C3=CC=CC[C@H]32)c2ccccc2C2=CC=CC[C@H]21. The van der Waals surface area contributed by atoms with Crippen LogP contribution in [0.2, 0.25) is 0 Å². The number of ether oxygens (including phenoxy) is 2. The molecule has 0 aliphatic heterocycles. The van der Waals surface area contributed by atoms with Gasteiger partial charge in [-0.2, -0.15) is 0 Å². The normalized spacial score (nSPS) is 29.3. The monoisotopic (exact) mass is 478 g/mol. The molecule has 0 saturated heterocycles. The van der Waals surface area contributed by atoms with E-state index in [9.17, 15) is 0 Å². The molecule has 0 amide bonds. The Hall–Kier alpha value is -2.68. The zero-order chi connectivity index (χ0) is 24.6. The standard InChI is InChI=1S/C34H38O2/c1-35-23-21-33(29-15-7-3-11-25(29)26-12-4-8-16-30(26)33)19-20-34(22-24-36-2)31-17-9-5-13-27(31)28-14-6-10-18-32(28)34/h3-15,17,30,32H,16,18-24H2,1-2H3/t30-,32-,33?,34?/m1/s1. The first-order valence-corrected chi connectivity index (χ1v) is 13.7. The molecule has 0 saturated carbocycles. The first kappa shape index (κ1) is 23.7. The molecular weight excluding hydrogens is 440 g/mol. The maximum absolute atomic E-state index is 5.75. The molecule has 0 radical (unpaired) electrons. The number of rotatable bonds is 9. The van der Waals surface area contributed by atoms with Gasteiger partial charge in [-0.15, -0.1) is 0 Å². The highest BCUT2D eigenvalue weighted by Crippen LogP contribution is 2.61. The average Bonchev–Trinajstić information content (AvgIpc) is 3.38. The zero-order valence-corrected chi connectivity index (χ0v) is 21.7. The number of benzene rings is 2. The minimum atomic E-state index is 0.0924. The number of fused-ring (bicyclic) bond motifs is 6.